The van der Waals surface area contributed by atoms with Gasteiger partial charge >= 0.3 is 0 Å². The molecule has 0 amide bonds. The smallest absolute Gasteiger partial charge is 0.0494 e. The lowest BCUT2D eigenvalue weighted by Crippen LogP contribution is -2.30. The van der Waals surface area contributed by atoms with Gasteiger partial charge in [0.25, 0.3) is 0 Å². The van der Waals surface area contributed by atoms with E-state index in [1.54, 1.807) is 0 Å². The second kappa shape index (κ2) is 5.88. The highest BCUT2D eigenvalue weighted by molar-refractivity contribution is 5.48. The third-order valence-corrected chi connectivity index (χ3v) is 4.42. The van der Waals surface area contributed by atoms with Gasteiger partial charge in [0.2, 0.25) is 0 Å². The molecule has 0 radical (unpaired) electrons. The molecule has 3 heteroatoms. The number of benzene rings is 2. The van der Waals surface area contributed by atoms with Gasteiger partial charge in [0.1, 0.15) is 0 Å². The van der Waals surface area contributed by atoms with Crippen LogP contribution in [0.1, 0.15) is 29.5 Å². The summed E-state index contributed by atoms with van der Waals surface area (Å²) in [6.07, 6.45) is 1.20. The second-order valence-corrected chi connectivity index (χ2v) is 6.05. The normalized spacial score (nSPS) is 21.9. The van der Waals surface area contributed by atoms with Crippen molar-refractivity contribution in [2.45, 2.75) is 18.4 Å². The van der Waals surface area contributed by atoms with Gasteiger partial charge < -0.3 is 4.90 Å². The van der Waals surface area contributed by atoms with E-state index in [1.165, 1.54) is 23.2 Å². The highest BCUT2D eigenvalue weighted by Gasteiger charge is 2.44. The summed E-state index contributed by atoms with van der Waals surface area (Å²) in [4.78, 5) is 2.12. The van der Waals surface area contributed by atoms with Gasteiger partial charge in [0, 0.05) is 25.8 Å². The number of anilines is 1. The summed E-state index contributed by atoms with van der Waals surface area (Å²) in [7, 11) is 4.13. The van der Waals surface area contributed by atoms with E-state index in [4.69, 9.17) is 5.84 Å². The van der Waals surface area contributed by atoms with Crippen LogP contribution in [0, 0.1) is 5.92 Å². The van der Waals surface area contributed by atoms with E-state index < -0.39 is 0 Å². The van der Waals surface area contributed by atoms with E-state index in [0.29, 0.717) is 11.8 Å². The summed E-state index contributed by atoms with van der Waals surface area (Å²) in [6, 6.07) is 19.6. The monoisotopic (exact) mass is 281 g/mol. The van der Waals surface area contributed by atoms with Crippen molar-refractivity contribution in [3.8, 4) is 0 Å². The number of hydrogen-bond acceptors (Lipinski definition) is 3. The summed E-state index contributed by atoms with van der Waals surface area (Å²) in [5.74, 6) is 7.05. The van der Waals surface area contributed by atoms with Crippen molar-refractivity contribution in [1.82, 2.24) is 5.43 Å². The third kappa shape index (κ3) is 2.94. The molecule has 0 heterocycles. The van der Waals surface area contributed by atoms with Crippen molar-refractivity contribution in [3.63, 3.8) is 0 Å². The van der Waals surface area contributed by atoms with Crippen LogP contribution in [-0.2, 0) is 0 Å². The minimum absolute atomic E-state index is 0.218. The Balaban J connectivity index is 1.79. The van der Waals surface area contributed by atoms with Crippen LogP contribution in [0.15, 0.2) is 54.6 Å². The van der Waals surface area contributed by atoms with Crippen molar-refractivity contribution in [2.75, 3.05) is 19.0 Å². The molecule has 1 aliphatic rings. The maximum Gasteiger partial charge on any atom is 0.0494 e. The standard InChI is InChI=1S/C18H23N3/c1-21(2)15-10-6-9-14(11-15)18(20-19)17-12-16(17)13-7-4-3-5-8-13/h3-11,16-18,20H,12,19H2,1-2H3. The first-order valence-corrected chi connectivity index (χ1v) is 7.49. The Kier molecular flexibility index (Phi) is 3.95. The number of nitrogens with two attached hydrogens (primary N) is 1. The topological polar surface area (TPSA) is 41.3 Å². The molecule has 3 rings (SSSR count). The molecular weight excluding hydrogens is 258 g/mol. The molecule has 0 spiro atoms. The number of rotatable bonds is 5. The van der Waals surface area contributed by atoms with Crippen LogP contribution in [0.4, 0.5) is 5.69 Å². The zero-order valence-corrected chi connectivity index (χ0v) is 12.7. The lowest BCUT2D eigenvalue weighted by Gasteiger charge is -2.20. The zero-order chi connectivity index (χ0) is 14.8. The van der Waals surface area contributed by atoms with Gasteiger partial charge in [-0.05, 0) is 41.5 Å². The molecule has 3 nitrogen and oxygen atoms in total. The number of nitrogens with zero attached hydrogens (tertiary/aromatic N) is 1. The average molecular weight is 281 g/mol. The van der Waals surface area contributed by atoms with Crippen molar-refractivity contribution in [1.29, 1.82) is 0 Å². The number of hydrazine groups is 1. The number of nitrogens with one attached hydrogen (secondary N) is 1. The summed E-state index contributed by atoms with van der Waals surface area (Å²) < 4.78 is 0. The molecule has 0 aliphatic heterocycles. The van der Waals surface area contributed by atoms with Crippen molar-refractivity contribution in [2.24, 2.45) is 11.8 Å². The molecule has 0 aromatic heterocycles. The molecule has 0 bridgehead atoms. The van der Waals surface area contributed by atoms with Crippen LogP contribution >= 0.6 is 0 Å². The van der Waals surface area contributed by atoms with Gasteiger partial charge in [0.05, 0.1) is 0 Å². The Morgan fingerprint density at radius 1 is 1.10 bits per heavy atom. The molecule has 3 unspecified atom stereocenters. The molecule has 1 aliphatic carbocycles. The van der Waals surface area contributed by atoms with Crippen LogP contribution < -0.4 is 16.2 Å². The highest BCUT2D eigenvalue weighted by atomic mass is 15.2. The van der Waals surface area contributed by atoms with Gasteiger partial charge in [-0.25, -0.2) is 0 Å². The van der Waals surface area contributed by atoms with Crippen LogP contribution in [0.5, 0.6) is 0 Å². The van der Waals surface area contributed by atoms with E-state index in [9.17, 15) is 0 Å². The zero-order valence-electron chi connectivity index (χ0n) is 12.7. The first-order chi connectivity index (χ1) is 10.2. The maximum atomic E-state index is 5.85. The largest absolute Gasteiger partial charge is 0.378 e. The molecule has 110 valence electrons. The fourth-order valence-corrected chi connectivity index (χ4v) is 3.13. The molecule has 3 N–H and O–H groups in total. The van der Waals surface area contributed by atoms with Crippen LogP contribution in [0.3, 0.4) is 0 Å². The molecule has 0 saturated heterocycles. The highest BCUT2D eigenvalue weighted by Crippen LogP contribution is 2.53. The van der Waals surface area contributed by atoms with Crippen molar-refractivity contribution < 1.29 is 0 Å². The summed E-state index contributed by atoms with van der Waals surface area (Å²) in [5, 5.41) is 0. The molecular formula is C18H23N3. The van der Waals surface area contributed by atoms with E-state index in [1.807, 2.05) is 0 Å². The van der Waals surface area contributed by atoms with Gasteiger partial charge in [0.15, 0.2) is 0 Å². The third-order valence-electron chi connectivity index (χ3n) is 4.42. The summed E-state index contributed by atoms with van der Waals surface area (Å²) in [6.45, 7) is 0. The lowest BCUT2D eigenvalue weighted by molar-refractivity contribution is 0.487. The van der Waals surface area contributed by atoms with Gasteiger partial charge in [-0.15, -0.1) is 0 Å². The predicted octanol–water partition coefficient (Wildman–Crippen LogP) is 3.06. The Labute approximate surface area is 126 Å². The van der Waals surface area contributed by atoms with Gasteiger partial charge in [-0.1, -0.05) is 42.5 Å². The van der Waals surface area contributed by atoms with Gasteiger partial charge in [-0.3, -0.25) is 11.3 Å². The van der Waals surface area contributed by atoms with Crippen molar-refractivity contribution in [3.05, 3.63) is 65.7 Å². The molecule has 1 fully saturated rings. The first-order valence-electron chi connectivity index (χ1n) is 7.49. The SMILES string of the molecule is CN(C)c1cccc(C(NN)C2CC2c2ccccc2)c1. The predicted molar refractivity (Wildman–Crippen MR) is 88.1 cm³/mol. The van der Waals surface area contributed by atoms with E-state index in [2.05, 4.69) is 79.0 Å². The molecule has 3 atom stereocenters. The van der Waals surface area contributed by atoms with E-state index in [0.717, 1.165) is 0 Å². The van der Waals surface area contributed by atoms with Crippen LogP contribution in [0.2, 0.25) is 0 Å². The maximum absolute atomic E-state index is 5.85. The molecule has 2 aromatic carbocycles. The summed E-state index contributed by atoms with van der Waals surface area (Å²) >= 11 is 0. The van der Waals surface area contributed by atoms with Crippen LogP contribution in [-0.4, -0.2) is 14.1 Å². The first kappa shape index (κ1) is 14.1. The fourth-order valence-electron chi connectivity index (χ4n) is 3.13. The Hall–Kier alpha value is -1.84. The fraction of sp³-hybridized carbons (Fsp3) is 0.333. The van der Waals surface area contributed by atoms with E-state index >= 15 is 0 Å². The molecule has 21 heavy (non-hydrogen) atoms. The second-order valence-electron chi connectivity index (χ2n) is 6.05. The Morgan fingerprint density at radius 2 is 1.86 bits per heavy atom. The van der Waals surface area contributed by atoms with Crippen molar-refractivity contribution >= 4 is 5.69 Å². The minimum atomic E-state index is 0.218. The van der Waals surface area contributed by atoms with E-state index in [-0.39, 0.29) is 6.04 Å². The summed E-state index contributed by atoms with van der Waals surface area (Å²) in [5.41, 5.74) is 6.93. The number of hydrogen-bond donors (Lipinski definition) is 2. The minimum Gasteiger partial charge on any atom is -0.378 e. The molecule has 1 saturated carbocycles. The van der Waals surface area contributed by atoms with Gasteiger partial charge in [-0.2, -0.15) is 0 Å². The lowest BCUT2D eigenvalue weighted by atomic mass is 9.98. The average Bonchev–Trinajstić information content (AvgIpc) is 3.30. The van der Waals surface area contributed by atoms with Crippen LogP contribution in [0.25, 0.3) is 0 Å². The Morgan fingerprint density at radius 3 is 2.52 bits per heavy atom. The quantitative estimate of drug-likeness (QED) is 0.654. The molecule has 2 aromatic rings. The Bertz CT molecular complexity index is 594.